The molecule has 0 aliphatic carbocycles. The molecule has 0 unspecified atom stereocenters. The Kier molecular flexibility index (Phi) is 15.2. The van der Waals surface area contributed by atoms with E-state index in [2.05, 4.69) is 137 Å². The fraction of sp³-hybridized carbons (Fsp3) is 0.138. The van der Waals surface area contributed by atoms with Crippen LogP contribution < -0.4 is 20.7 Å². The first-order valence-corrected chi connectivity index (χ1v) is 25.7. The molecule has 0 saturated carbocycles. The molecule has 6 heteroatoms. The first-order chi connectivity index (χ1) is 30.8. The maximum Gasteiger partial charge on any atom is 0.165 e. The van der Waals surface area contributed by atoms with Gasteiger partial charge in [0.2, 0.25) is 0 Å². The molecule has 0 heterocycles. The van der Waals surface area contributed by atoms with Gasteiger partial charge in [0.25, 0.3) is 0 Å². The van der Waals surface area contributed by atoms with Gasteiger partial charge in [-0.25, -0.2) is 0 Å². The molecule has 0 aliphatic rings. The lowest BCUT2D eigenvalue weighted by Crippen LogP contribution is -2.66. The Morgan fingerprint density at radius 2 is 0.625 bits per heavy atom. The van der Waals surface area contributed by atoms with Crippen molar-refractivity contribution >= 4 is 72.7 Å². The molecular formula is C58H48Cl2O2Si2. The van der Waals surface area contributed by atoms with Crippen molar-refractivity contribution in [2.45, 2.75) is 51.6 Å². The zero-order chi connectivity index (χ0) is 45.8. The van der Waals surface area contributed by atoms with Crippen molar-refractivity contribution in [3.8, 4) is 47.4 Å². The summed E-state index contributed by atoms with van der Waals surface area (Å²) in [5, 5.41) is 5.53. The molecule has 0 atom stereocenters. The van der Waals surface area contributed by atoms with Crippen LogP contribution in [0.1, 0.15) is 63.8 Å². The molecule has 64 heavy (non-hydrogen) atoms. The van der Waals surface area contributed by atoms with Gasteiger partial charge in [0.1, 0.15) is 0 Å². The Labute approximate surface area is 391 Å². The zero-order valence-corrected chi connectivity index (χ0v) is 40.4. The highest BCUT2D eigenvalue weighted by Crippen LogP contribution is 2.43. The summed E-state index contributed by atoms with van der Waals surface area (Å²) >= 11 is 13.7. The first kappa shape index (κ1) is 46.9. The van der Waals surface area contributed by atoms with Gasteiger partial charge in [-0.2, -0.15) is 0 Å². The van der Waals surface area contributed by atoms with E-state index in [4.69, 9.17) is 23.2 Å². The number of allylic oxidation sites excluding steroid dienone is 4. The molecule has 0 saturated heterocycles. The molecule has 6 rings (SSSR count). The second kappa shape index (κ2) is 20.7. The highest BCUT2D eigenvalue weighted by Gasteiger charge is 2.52. The first-order valence-electron chi connectivity index (χ1n) is 21.0. The summed E-state index contributed by atoms with van der Waals surface area (Å²) in [5.74, 6) is 25.7. The molecule has 0 fully saturated rings. The summed E-state index contributed by atoms with van der Waals surface area (Å²) in [4.78, 5) is 24.8. The monoisotopic (exact) mass is 902 g/mol. The van der Waals surface area contributed by atoms with Gasteiger partial charge in [-0.05, 0) is 91.2 Å². The smallest absolute Gasteiger partial charge is 0.165 e. The average Bonchev–Trinajstić information content (AvgIpc) is 3.31. The molecule has 314 valence electrons. The van der Waals surface area contributed by atoms with Crippen molar-refractivity contribution in [2.75, 3.05) is 0 Å². The third-order valence-electron chi connectivity index (χ3n) is 11.4. The van der Waals surface area contributed by atoms with Gasteiger partial charge in [0.15, 0.2) is 28.7 Å². The third kappa shape index (κ3) is 9.94. The van der Waals surface area contributed by atoms with E-state index in [1.165, 1.54) is 0 Å². The van der Waals surface area contributed by atoms with Crippen LogP contribution in [0.4, 0.5) is 0 Å². The molecule has 2 nitrogen and oxygen atoms in total. The normalized spacial score (nSPS) is 12.2. The number of hydrogen-bond donors (Lipinski definition) is 0. The second-order valence-corrected chi connectivity index (χ2v) is 27.4. The Morgan fingerprint density at radius 3 is 0.844 bits per heavy atom. The molecule has 0 aromatic heterocycles. The van der Waals surface area contributed by atoms with Crippen LogP contribution in [-0.2, 0) is 9.59 Å². The largest absolute Gasteiger partial charge is 0.297 e. The minimum Gasteiger partial charge on any atom is -0.297 e. The van der Waals surface area contributed by atoms with Gasteiger partial charge in [0, 0.05) is 32.6 Å². The SMILES string of the molecule is CC(C)(C)[Si](/C(C#Cc1ccc(C#CC#Cc2ccc(C#C/C(=C(\Cl)C=O)[Si](c3ccccc3)(c3ccccc3)C(C)(C)C)cc2)cc1)=C(/Cl)C=O)(c1ccccc1)c1ccccc1. The highest BCUT2D eigenvalue weighted by atomic mass is 35.5. The number of hydrogen-bond acceptors (Lipinski definition) is 2. The van der Waals surface area contributed by atoms with Crippen LogP contribution in [0.2, 0.25) is 10.1 Å². The summed E-state index contributed by atoms with van der Waals surface area (Å²) in [7, 11) is -5.90. The highest BCUT2D eigenvalue weighted by molar-refractivity contribution is 7.11. The topological polar surface area (TPSA) is 34.1 Å². The summed E-state index contributed by atoms with van der Waals surface area (Å²) in [5.41, 5.74) is 3.12. The van der Waals surface area contributed by atoms with E-state index < -0.39 is 16.1 Å². The van der Waals surface area contributed by atoms with E-state index in [0.29, 0.717) is 23.0 Å². The van der Waals surface area contributed by atoms with Gasteiger partial charge in [-0.15, -0.1) is 0 Å². The van der Waals surface area contributed by atoms with Crippen LogP contribution in [0, 0.1) is 47.4 Å². The summed E-state index contributed by atoms with van der Waals surface area (Å²) < 4.78 is 0. The standard InChI is InChI=1S/C58H48Cl2O2Si2/c1-57(2,3)63(49-23-11-7-12-24-49,50-25-13-8-14-26-50)55(53(59)43-61)41-39-47-35-31-45(32-36-47)21-19-20-22-46-33-37-48(38-34-46)40-42-56(54(60)44-62)64(58(4,5)6,51-27-15-9-16-28-51)52-29-17-10-18-30-52/h7-18,23-38,43-44H,1-6H3/b55-53+,56-54+. The lowest BCUT2D eigenvalue weighted by Gasteiger charge is -2.44. The summed E-state index contributed by atoms with van der Waals surface area (Å²) in [6, 6.07) is 56.5. The average molecular weight is 904 g/mol. The van der Waals surface area contributed by atoms with E-state index >= 15 is 0 Å². The number of halogens is 2. The van der Waals surface area contributed by atoms with Crippen LogP contribution >= 0.6 is 23.2 Å². The van der Waals surface area contributed by atoms with Crippen molar-refractivity contribution in [3.05, 3.63) is 213 Å². The van der Waals surface area contributed by atoms with Crippen LogP contribution in [0.15, 0.2) is 190 Å². The minimum absolute atomic E-state index is 0.127. The van der Waals surface area contributed by atoms with Gasteiger partial charge in [-0.3, -0.25) is 9.59 Å². The van der Waals surface area contributed by atoms with Gasteiger partial charge >= 0.3 is 0 Å². The van der Waals surface area contributed by atoms with E-state index in [0.717, 1.165) is 43.0 Å². The van der Waals surface area contributed by atoms with Crippen LogP contribution in [0.3, 0.4) is 0 Å². The molecule has 0 N–H and O–H groups in total. The molecule has 0 aliphatic heterocycles. The van der Waals surface area contributed by atoms with Crippen molar-refractivity contribution in [1.82, 2.24) is 0 Å². The van der Waals surface area contributed by atoms with Gasteiger partial charge in [0.05, 0.1) is 10.1 Å². The van der Waals surface area contributed by atoms with E-state index in [9.17, 15) is 9.59 Å². The third-order valence-corrected chi connectivity index (χ3v) is 23.9. The molecule has 0 bridgehead atoms. The molecule has 0 radical (unpaired) electrons. The number of benzene rings is 6. The van der Waals surface area contributed by atoms with Crippen molar-refractivity contribution in [1.29, 1.82) is 0 Å². The molecular weight excluding hydrogens is 856 g/mol. The predicted molar refractivity (Wildman–Crippen MR) is 274 cm³/mol. The lowest BCUT2D eigenvalue weighted by atomic mass is 10.1. The Morgan fingerprint density at radius 1 is 0.391 bits per heavy atom. The van der Waals surface area contributed by atoms with E-state index in [1.807, 2.05) is 121 Å². The Balaban J connectivity index is 1.25. The minimum atomic E-state index is -2.95. The zero-order valence-electron chi connectivity index (χ0n) is 36.9. The quantitative estimate of drug-likeness (QED) is 0.0660. The maximum absolute atomic E-state index is 12.4. The number of carbonyl (C=O) groups is 2. The fourth-order valence-corrected chi connectivity index (χ4v) is 20.5. The Hall–Kier alpha value is -6.61. The van der Waals surface area contributed by atoms with Crippen LogP contribution in [-0.4, -0.2) is 28.7 Å². The summed E-state index contributed by atoms with van der Waals surface area (Å²) in [6.07, 6.45) is 1.43. The van der Waals surface area contributed by atoms with E-state index in [-0.39, 0.29) is 20.1 Å². The lowest BCUT2D eigenvalue weighted by molar-refractivity contribution is -0.105. The molecule has 0 amide bonds. The van der Waals surface area contributed by atoms with E-state index in [1.54, 1.807) is 0 Å². The van der Waals surface area contributed by atoms with Crippen molar-refractivity contribution < 1.29 is 9.59 Å². The van der Waals surface area contributed by atoms with Crippen LogP contribution in [0.25, 0.3) is 0 Å². The van der Waals surface area contributed by atoms with Crippen LogP contribution in [0.5, 0.6) is 0 Å². The number of aldehydes is 2. The maximum atomic E-state index is 12.4. The van der Waals surface area contributed by atoms with Gasteiger partial charge < -0.3 is 0 Å². The Bertz CT molecular complexity index is 2650. The van der Waals surface area contributed by atoms with Crippen molar-refractivity contribution in [3.63, 3.8) is 0 Å². The number of rotatable bonds is 8. The van der Waals surface area contributed by atoms with Gasteiger partial charge in [-0.1, -0.05) is 222 Å². The number of carbonyl (C=O) groups excluding carboxylic acids is 2. The molecule has 6 aromatic carbocycles. The van der Waals surface area contributed by atoms with Crippen molar-refractivity contribution in [2.24, 2.45) is 0 Å². The molecule has 6 aromatic rings. The predicted octanol–water partition coefficient (Wildman–Crippen LogP) is 10.4. The fourth-order valence-electron chi connectivity index (χ4n) is 8.68. The second-order valence-electron chi connectivity index (χ2n) is 17.3. The summed E-state index contributed by atoms with van der Waals surface area (Å²) in [6.45, 7) is 13.2. The molecule has 0 spiro atoms.